The number of halogens is 5. The Morgan fingerprint density at radius 3 is 2.31 bits per heavy atom. The molecule has 35 heavy (non-hydrogen) atoms. The zero-order valence-electron chi connectivity index (χ0n) is 18.8. The average Bonchev–Trinajstić information content (AvgIpc) is 3.61. The van der Waals surface area contributed by atoms with Crippen LogP contribution < -0.4 is 5.32 Å². The van der Waals surface area contributed by atoms with Gasteiger partial charge >= 0.3 is 12.1 Å². The van der Waals surface area contributed by atoms with Crippen LogP contribution in [0.2, 0.25) is 0 Å². The third-order valence-corrected chi connectivity index (χ3v) is 6.92. The number of hydrogen-bond acceptors (Lipinski definition) is 8. The van der Waals surface area contributed by atoms with E-state index < -0.39 is 27.6 Å². The molecular formula is C20H21F5N6O3S. The Hall–Kier alpha value is -3.23. The number of carbonyl (C=O) groups is 1. The van der Waals surface area contributed by atoms with E-state index >= 15 is 0 Å². The molecule has 15 heteroatoms. The number of fused-ring (bicyclic) bond motifs is 1. The van der Waals surface area contributed by atoms with Crippen molar-refractivity contribution in [3.8, 4) is 11.5 Å². The molecule has 9 nitrogen and oxygen atoms in total. The lowest BCUT2D eigenvalue weighted by Gasteiger charge is -2.17. The van der Waals surface area contributed by atoms with Gasteiger partial charge in [-0.2, -0.15) is 22.0 Å². The van der Waals surface area contributed by atoms with Crippen LogP contribution in [0.5, 0.6) is 0 Å². The second kappa shape index (κ2) is 9.43. The molecule has 0 radical (unpaired) electrons. The monoisotopic (exact) mass is 520 g/mol. The van der Waals surface area contributed by atoms with E-state index in [-0.39, 0.29) is 33.3 Å². The molecule has 1 aliphatic carbocycles. The SMILES string of the molecule is CCS(=O)(=O)c1cc(NC)cnc1-c1nc2cc(C(F)(F)C(F)(F)F)nnc2n1C.O=CC1CC1. The van der Waals surface area contributed by atoms with E-state index in [2.05, 4.69) is 25.5 Å². The lowest BCUT2D eigenvalue weighted by atomic mass is 10.2. The molecule has 1 N–H and O–H groups in total. The quantitative estimate of drug-likeness (QED) is 0.387. The minimum absolute atomic E-state index is 0.0820. The topological polar surface area (TPSA) is 120 Å². The van der Waals surface area contributed by atoms with E-state index in [1.165, 1.54) is 30.8 Å². The van der Waals surface area contributed by atoms with Gasteiger partial charge in [0.25, 0.3) is 0 Å². The van der Waals surface area contributed by atoms with E-state index in [0.29, 0.717) is 17.7 Å². The smallest absolute Gasteiger partial charge is 0.387 e. The zero-order chi connectivity index (χ0) is 26.2. The third kappa shape index (κ3) is 5.23. The lowest BCUT2D eigenvalue weighted by molar-refractivity contribution is -0.291. The van der Waals surface area contributed by atoms with E-state index in [1.54, 1.807) is 7.05 Å². The van der Waals surface area contributed by atoms with Gasteiger partial charge in [0, 0.05) is 20.0 Å². The number of aromatic nitrogens is 5. The number of imidazole rings is 1. The number of nitrogens with zero attached hydrogens (tertiary/aromatic N) is 5. The number of sulfone groups is 1. The van der Waals surface area contributed by atoms with Crippen LogP contribution in [0, 0.1) is 5.92 Å². The largest absolute Gasteiger partial charge is 0.459 e. The van der Waals surface area contributed by atoms with Crippen LogP contribution in [-0.4, -0.2) is 58.4 Å². The molecule has 0 unspecified atom stereocenters. The second-order valence-corrected chi connectivity index (χ2v) is 9.95. The number of aryl methyl sites for hydroxylation is 1. The Morgan fingerprint density at radius 1 is 1.17 bits per heavy atom. The molecule has 1 fully saturated rings. The van der Waals surface area contributed by atoms with Crippen LogP contribution in [0.3, 0.4) is 0 Å². The molecule has 3 aromatic rings. The van der Waals surface area contributed by atoms with Crippen LogP contribution >= 0.6 is 0 Å². The van der Waals surface area contributed by atoms with Gasteiger partial charge in [0.15, 0.2) is 21.3 Å². The molecule has 190 valence electrons. The number of aldehydes is 1. The molecule has 0 spiro atoms. The highest BCUT2D eigenvalue weighted by Gasteiger charge is 2.60. The summed E-state index contributed by atoms with van der Waals surface area (Å²) in [6.07, 6.45) is -1.22. The summed E-state index contributed by atoms with van der Waals surface area (Å²) >= 11 is 0. The van der Waals surface area contributed by atoms with Crippen molar-refractivity contribution in [2.45, 2.75) is 36.8 Å². The fourth-order valence-corrected chi connectivity index (χ4v) is 3.93. The summed E-state index contributed by atoms with van der Waals surface area (Å²) in [6, 6.07) is 1.80. The maximum Gasteiger partial charge on any atom is 0.459 e. The fraction of sp³-hybridized carbons (Fsp3) is 0.450. The minimum Gasteiger partial charge on any atom is -0.387 e. The summed E-state index contributed by atoms with van der Waals surface area (Å²) in [4.78, 5) is 17.5. The van der Waals surface area contributed by atoms with Gasteiger partial charge in [-0.1, -0.05) is 6.92 Å². The first kappa shape index (κ1) is 26.4. The Kier molecular flexibility index (Phi) is 7.11. The van der Waals surface area contributed by atoms with Gasteiger partial charge in [-0.25, -0.2) is 18.4 Å². The molecule has 0 aliphatic heterocycles. The van der Waals surface area contributed by atoms with Crippen LogP contribution in [0.15, 0.2) is 23.2 Å². The lowest BCUT2D eigenvalue weighted by Crippen LogP contribution is -2.34. The van der Waals surface area contributed by atoms with Crippen LogP contribution in [0.4, 0.5) is 27.6 Å². The summed E-state index contributed by atoms with van der Waals surface area (Å²) in [5.41, 5.74) is -1.75. The van der Waals surface area contributed by atoms with Crippen molar-refractivity contribution in [1.29, 1.82) is 0 Å². The number of hydrogen-bond donors (Lipinski definition) is 1. The predicted octanol–water partition coefficient (Wildman–Crippen LogP) is 3.51. The highest BCUT2D eigenvalue weighted by molar-refractivity contribution is 7.91. The Bertz CT molecular complexity index is 1350. The summed E-state index contributed by atoms with van der Waals surface area (Å²) in [5, 5.41) is 9.19. The zero-order valence-corrected chi connectivity index (χ0v) is 19.6. The summed E-state index contributed by atoms with van der Waals surface area (Å²) < 4.78 is 91.4. The predicted molar refractivity (Wildman–Crippen MR) is 116 cm³/mol. The molecule has 1 saturated carbocycles. The highest BCUT2D eigenvalue weighted by Crippen LogP contribution is 2.43. The van der Waals surface area contributed by atoms with Crippen molar-refractivity contribution in [3.63, 3.8) is 0 Å². The van der Waals surface area contributed by atoms with Gasteiger partial charge in [-0.05, 0) is 25.0 Å². The molecule has 0 atom stereocenters. The number of alkyl halides is 5. The van der Waals surface area contributed by atoms with Crippen LogP contribution in [0.1, 0.15) is 25.5 Å². The second-order valence-electron chi connectivity index (χ2n) is 7.70. The Morgan fingerprint density at radius 2 is 1.83 bits per heavy atom. The van der Waals surface area contributed by atoms with Crippen molar-refractivity contribution >= 4 is 33.0 Å². The summed E-state index contributed by atoms with van der Waals surface area (Å²) in [5.74, 6) is -5.10. The van der Waals surface area contributed by atoms with E-state index in [4.69, 9.17) is 0 Å². The molecule has 0 aromatic carbocycles. The summed E-state index contributed by atoms with van der Waals surface area (Å²) in [6.45, 7) is 1.43. The van der Waals surface area contributed by atoms with Crippen LogP contribution in [0.25, 0.3) is 22.7 Å². The van der Waals surface area contributed by atoms with Crippen molar-refractivity contribution in [2.75, 3.05) is 18.1 Å². The Balaban J connectivity index is 0.000000607. The van der Waals surface area contributed by atoms with Crippen molar-refractivity contribution in [1.82, 2.24) is 24.7 Å². The highest BCUT2D eigenvalue weighted by atomic mass is 32.2. The van der Waals surface area contributed by atoms with Crippen LogP contribution in [-0.2, 0) is 27.6 Å². The molecule has 3 heterocycles. The van der Waals surface area contributed by atoms with Gasteiger partial charge in [0.05, 0.1) is 22.5 Å². The van der Waals surface area contributed by atoms with E-state index in [9.17, 15) is 35.2 Å². The van der Waals surface area contributed by atoms with E-state index in [0.717, 1.165) is 19.1 Å². The van der Waals surface area contributed by atoms with Crippen molar-refractivity contribution < 1.29 is 35.2 Å². The first-order valence-electron chi connectivity index (χ1n) is 10.3. The first-order chi connectivity index (χ1) is 16.3. The standard InChI is InChI=1S/C16H15F5N6O2S.C4H6O/c1-4-30(28,29)10-5-8(22-2)7-23-12(10)14-24-9-6-11(15(17,18)16(19,20)21)25-26-13(9)27(14)3;5-3-4-1-2-4/h5-7,22H,4H2,1-3H3;3-4H,1-2H2. The maximum atomic E-state index is 13.6. The number of anilines is 1. The normalized spacial score (nSPS) is 14.4. The van der Waals surface area contributed by atoms with Gasteiger partial charge in [0.2, 0.25) is 0 Å². The summed E-state index contributed by atoms with van der Waals surface area (Å²) in [7, 11) is -0.828. The molecule has 3 aromatic heterocycles. The molecule has 4 rings (SSSR count). The Labute approximate surface area is 196 Å². The van der Waals surface area contributed by atoms with Gasteiger partial charge in [0.1, 0.15) is 23.2 Å². The van der Waals surface area contributed by atoms with Crippen molar-refractivity contribution in [3.05, 3.63) is 24.0 Å². The maximum absolute atomic E-state index is 13.6. The number of rotatable bonds is 6. The number of carbonyl (C=O) groups excluding carboxylic acids is 1. The van der Waals surface area contributed by atoms with Gasteiger partial charge < -0.3 is 14.7 Å². The number of pyridine rings is 1. The first-order valence-corrected chi connectivity index (χ1v) is 11.9. The molecule has 0 bridgehead atoms. The molecule has 0 saturated heterocycles. The van der Waals surface area contributed by atoms with Crippen molar-refractivity contribution in [2.24, 2.45) is 13.0 Å². The van der Waals surface area contributed by atoms with Gasteiger partial charge in [-0.15, -0.1) is 10.2 Å². The number of nitrogens with one attached hydrogen (secondary N) is 1. The molecule has 0 amide bonds. The third-order valence-electron chi connectivity index (χ3n) is 5.18. The van der Waals surface area contributed by atoms with E-state index in [1.807, 2.05) is 0 Å². The average molecular weight is 520 g/mol. The molecular weight excluding hydrogens is 499 g/mol. The molecule has 1 aliphatic rings. The fourth-order valence-electron chi connectivity index (χ4n) is 2.87. The minimum atomic E-state index is -5.86. The van der Waals surface area contributed by atoms with Gasteiger partial charge in [-0.3, -0.25) is 0 Å².